The van der Waals surface area contributed by atoms with E-state index in [1.165, 1.54) is 0 Å². The maximum Gasteiger partial charge on any atom is 0.305 e. The summed E-state index contributed by atoms with van der Waals surface area (Å²) in [6.07, 6.45) is -0.187. The Kier molecular flexibility index (Phi) is 4.06. The first-order valence-corrected chi connectivity index (χ1v) is 4.91. The van der Waals surface area contributed by atoms with E-state index in [9.17, 15) is 13.6 Å². The van der Waals surface area contributed by atoms with Gasteiger partial charge in [0.2, 0.25) is 0 Å². The van der Waals surface area contributed by atoms with Crippen molar-refractivity contribution in [3.63, 3.8) is 0 Å². The average Bonchev–Trinajstić information content (AvgIpc) is 2.09. The van der Waals surface area contributed by atoms with Gasteiger partial charge in [0, 0.05) is 12.1 Å². The third kappa shape index (κ3) is 3.34. The number of anilines is 1. The van der Waals surface area contributed by atoms with Gasteiger partial charge in [0.15, 0.2) is 5.82 Å². The smallest absolute Gasteiger partial charge is 0.305 e. The molecular formula is C10H10ClF2NO2. The standard InChI is InChI=1S/C10H10ClF2NO2/c1-5(2-9(15)16)14-10-7(11)3-6(12)4-8(10)13/h3-5,14H,2H2,1H3,(H,15,16). The molecule has 1 aromatic rings. The summed E-state index contributed by atoms with van der Waals surface area (Å²) in [5.41, 5.74) is -0.0863. The van der Waals surface area contributed by atoms with Crippen LogP contribution in [0.2, 0.25) is 5.02 Å². The van der Waals surface area contributed by atoms with E-state index in [2.05, 4.69) is 5.32 Å². The van der Waals surface area contributed by atoms with Crippen LogP contribution in [0.4, 0.5) is 14.5 Å². The number of rotatable bonds is 4. The lowest BCUT2D eigenvalue weighted by atomic mass is 10.2. The molecule has 1 rings (SSSR count). The first-order chi connectivity index (χ1) is 7.40. The monoisotopic (exact) mass is 249 g/mol. The van der Waals surface area contributed by atoms with E-state index >= 15 is 0 Å². The third-order valence-corrected chi connectivity index (χ3v) is 2.18. The summed E-state index contributed by atoms with van der Waals surface area (Å²) in [5, 5.41) is 11.0. The highest BCUT2D eigenvalue weighted by Crippen LogP contribution is 2.27. The third-order valence-electron chi connectivity index (χ3n) is 1.88. The molecule has 1 atom stereocenters. The van der Waals surface area contributed by atoms with Gasteiger partial charge in [-0.15, -0.1) is 0 Å². The molecule has 88 valence electrons. The Hall–Kier alpha value is -1.36. The molecule has 6 heteroatoms. The van der Waals surface area contributed by atoms with Gasteiger partial charge >= 0.3 is 5.97 Å². The van der Waals surface area contributed by atoms with Crippen molar-refractivity contribution < 1.29 is 18.7 Å². The Bertz CT molecular complexity index is 389. The van der Waals surface area contributed by atoms with Crippen LogP contribution in [0.5, 0.6) is 0 Å². The van der Waals surface area contributed by atoms with Crippen LogP contribution in [0.3, 0.4) is 0 Å². The van der Waals surface area contributed by atoms with Gasteiger partial charge in [-0.2, -0.15) is 0 Å². The number of halogens is 3. The second-order valence-electron chi connectivity index (χ2n) is 3.39. The number of hydrogen-bond donors (Lipinski definition) is 2. The lowest BCUT2D eigenvalue weighted by Crippen LogP contribution is -2.20. The largest absolute Gasteiger partial charge is 0.481 e. The molecule has 0 spiro atoms. The van der Waals surface area contributed by atoms with Crippen molar-refractivity contribution in [2.24, 2.45) is 0 Å². The second kappa shape index (κ2) is 5.12. The van der Waals surface area contributed by atoms with Crippen LogP contribution >= 0.6 is 11.6 Å². The summed E-state index contributed by atoms with van der Waals surface area (Å²) in [6.45, 7) is 1.56. The molecule has 0 radical (unpaired) electrons. The van der Waals surface area contributed by atoms with Crippen LogP contribution in [-0.4, -0.2) is 17.1 Å². The van der Waals surface area contributed by atoms with Gasteiger partial charge in [0.1, 0.15) is 5.82 Å². The van der Waals surface area contributed by atoms with E-state index in [0.717, 1.165) is 6.07 Å². The van der Waals surface area contributed by atoms with Crippen molar-refractivity contribution in [1.29, 1.82) is 0 Å². The zero-order chi connectivity index (χ0) is 12.3. The highest BCUT2D eigenvalue weighted by molar-refractivity contribution is 6.33. The number of carboxylic acids is 1. The molecule has 0 heterocycles. The quantitative estimate of drug-likeness (QED) is 0.863. The van der Waals surface area contributed by atoms with Crippen molar-refractivity contribution in [1.82, 2.24) is 0 Å². The summed E-state index contributed by atoms with van der Waals surface area (Å²) >= 11 is 5.63. The van der Waals surface area contributed by atoms with E-state index in [1.807, 2.05) is 0 Å². The van der Waals surface area contributed by atoms with Crippen LogP contribution in [-0.2, 0) is 4.79 Å². The van der Waals surface area contributed by atoms with Crippen molar-refractivity contribution in [3.8, 4) is 0 Å². The van der Waals surface area contributed by atoms with Crippen molar-refractivity contribution in [2.45, 2.75) is 19.4 Å². The first kappa shape index (κ1) is 12.7. The Balaban J connectivity index is 2.85. The topological polar surface area (TPSA) is 49.3 Å². The van der Waals surface area contributed by atoms with Gasteiger partial charge in [-0.3, -0.25) is 4.79 Å². The summed E-state index contributed by atoms with van der Waals surface area (Å²) < 4.78 is 26.0. The predicted molar refractivity (Wildman–Crippen MR) is 56.7 cm³/mol. The SMILES string of the molecule is CC(CC(=O)O)Nc1c(F)cc(F)cc1Cl. The lowest BCUT2D eigenvalue weighted by molar-refractivity contribution is -0.137. The van der Waals surface area contributed by atoms with Gasteiger partial charge in [-0.25, -0.2) is 8.78 Å². The summed E-state index contributed by atoms with van der Waals surface area (Å²) in [4.78, 5) is 10.4. The molecule has 3 nitrogen and oxygen atoms in total. The zero-order valence-corrected chi connectivity index (χ0v) is 9.18. The van der Waals surface area contributed by atoms with Crippen molar-refractivity contribution in [3.05, 3.63) is 28.8 Å². The van der Waals surface area contributed by atoms with E-state index in [0.29, 0.717) is 6.07 Å². The molecule has 0 aliphatic carbocycles. The van der Waals surface area contributed by atoms with Crippen LogP contribution < -0.4 is 5.32 Å². The molecule has 0 fully saturated rings. The molecule has 0 aliphatic heterocycles. The molecule has 16 heavy (non-hydrogen) atoms. The van der Waals surface area contributed by atoms with Crippen molar-refractivity contribution >= 4 is 23.3 Å². The predicted octanol–water partition coefficient (Wildman–Crippen LogP) is 2.89. The fourth-order valence-corrected chi connectivity index (χ4v) is 1.49. The van der Waals surface area contributed by atoms with E-state index in [1.54, 1.807) is 6.92 Å². The summed E-state index contributed by atoms with van der Waals surface area (Å²) in [6, 6.07) is 1.14. The Morgan fingerprint density at radius 3 is 2.69 bits per heavy atom. The van der Waals surface area contributed by atoms with Crippen LogP contribution in [0.1, 0.15) is 13.3 Å². The van der Waals surface area contributed by atoms with Crippen LogP contribution in [0, 0.1) is 11.6 Å². The Labute approximate surface area is 96.0 Å². The van der Waals surface area contributed by atoms with Crippen LogP contribution in [0.25, 0.3) is 0 Å². The second-order valence-corrected chi connectivity index (χ2v) is 3.79. The number of carbonyl (C=O) groups is 1. The van der Waals surface area contributed by atoms with Crippen molar-refractivity contribution in [2.75, 3.05) is 5.32 Å². The van der Waals surface area contributed by atoms with E-state index in [-0.39, 0.29) is 17.1 Å². The minimum absolute atomic E-state index is 0.0863. The fraction of sp³-hybridized carbons (Fsp3) is 0.300. The average molecular weight is 250 g/mol. The van der Waals surface area contributed by atoms with Gasteiger partial charge < -0.3 is 10.4 Å². The molecule has 0 saturated heterocycles. The minimum Gasteiger partial charge on any atom is -0.481 e. The van der Waals surface area contributed by atoms with Gasteiger partial charge in [0.25, 0.3) is 0 Å². The molecule has 1 aromatic carbocycles. The molecule has 0 bridgehead atoms. The van der Waals surface area contributed by atoms with E-state index in [4.69, 9.17) is 16.7 Å². The molecule has 2 N–H and O–H groups in total. The minimum atomic E-state index is -1.02. The Morgan fingerprint density at radius 1 is 1.56 bits per heavy atom. The molecule has 0 saturated carbocycles. The maximum atomic E-state index is 13.3. The molecule has 0 aliphatic rings. The number of benzene rings is 1. The number of nitrogens with one attached hydrogen (secondary N) is 1. The highest BCUT2D eigenvalue weighted by atomic mass is 35.5. The number of hydrogen-bond acceptors (Lipinski definition) is 2. The number of carboxylic acid groups (broad SMARTS) is 1. The zero-order valence-electron chi connectivity index (χ0n) is 8.43. The lowest BCUT2D eigenvalue weighted by Gasteiger charge is -2.15. The first-order valence-electron chi connectivity index (χ1n) is 4.53. The number of aliphatic carboxylic acids is 1. The molecule has 1 unspecified atom stereocenters. The van der Waals surface area contributed by atoms with Gasteiger partial charge in [0.05, 0.1) is 17.1 Å². The highest BCUT2D eigenvalue weighted by Gasteiger charge is 2.14. The summed E-state index contributed by atoms with van der Waals surface area (Å²) in [5.74, 6) is -2.64. The summed E-state index contributed by atoms with van der Waals surface area (Å²) in [7, 11) is 0. The molecule has 0 aromatic heterocycles. The van der Waals surface area contributed by atoms with Gasteiger partial charge in [-0.1, -0.05) is 11.6 Å². The van der Waals surface area contributed by atoms with Gasteiger partial charge in [-0.05, 0) is 13.0 Å². The molecule has 0 amide bonds. The fourth-order valence-electron chi connectivity index (χ4n) is 1.24. The Morgan fingerprint density at radius 2 is 2.19 bits per heavy atom. The maximum absolute atomic E-state index is 13.3. The molecular weight excluding hydrogens is 240 g/mol. The van der Waals surface area contributed by atoms with E-state index < -0.39 is 23.6 Å². The normalized spacial score (nSPS) is 12.2. The van der Waals surface area contributed by atoms with Crippen LogP contribution in [0.15, 0.2) is 12.1 Å².